The molecule has 0 atom stereocenters. The largest absolute Gasteiger partial charge is 0.461 e. The Bertz CT molecular complexity index is 653. The van der Waals surface area contributed by atoms with Crippen LogP contribution in [0.15, 0.2) is 0 Å². The van der Waals surface area contributed by atoms with Crippen LogP contribution in [0.25, 0.3) is 0 Å². The lowest BCUT2D eigenvalue weighted by Crippen LogP contribution is -2.49. The molecule has 0 spiro atoms. The second-order valence-corrected chi connectivity index (χ2v) is 7.47. The molecule has 11 nitrogen and oxygen atoms in total. The Morgan fingerprint density at radius 3 is 2.53 bits per heavy atom. The van der Waals surface area contributed by atoms with Gasteiger partial charge in [-0.25, -0.2) is 0 Å². The van der Waals surface area contributed by atoms with E-state index in [4.69, 9.17) is 15.2 Å². The van der Waals surface area contributed by atoms with Crippen LogP contribution in [-0.4, -0.2) is 104 Å². The zero-order valence-corrected chi connectivity index (χ0v) is 18.6. The number of ether oxygens (including phenoxy) is 2. The minimum Gasteiger partial charge on any atom is -0.461 e. The molecule has 30 heavy (non-hydrogen) atoms. The van der Waals surface area contributed by atoms with Gasteiger partial charge in [-0.05, 0) is 20.4 Å². The number of nitrogens with one attached hydrogen (secondary N) is 1. The molecular formula is C19H36N8O3. The van der Waals surface area contributed by atoms with Crippen LogP contribution in [0.1, 0.15) is 20.8 Å². The van der Waals surface area contributed by atoms with Crippen LogP contribution in [0.2, 0.25) is 0 Å². The number of hydrogen-bond acceptors (Lipinski definition) is 10. The Balaban J connectivity index is 2.02. The fourth-order valence-corrected chi connectivity index (χ4v) is 3.07. The predicted octanol–water partition coefficient (Wildman–Crippen LogP) is -0.672. The number of nitrogens with zero attached hydrogens (tertiary/aromatic N) is 6. The molecule has 0 saturated carbocycles. The highest BCUT2D eigenvalue weighted by Crippen LogP contribution is 2.19. The van der Waals surface area contributed by atoms with Crippen LogP contribution in [0.3, 0.4) is 0 Å². The minimum absolute atomic E-state index is 0.0115. The third-order valence-corrected chi connectivity index (χ3v) is 4.79. The molecule has 1 aliphatic rings. The highest BCUT2D eigenvalue weighted by Gasteiger charge is 2.23. The zero-order valence-electron chi connectivity index (χ0n) is 18.6. The SMILES string of the molecule is CCNCCOCCOc1nc(N(C)CC(N)=O)nc(N2CCN(C(C)C)CC2)n1. The van der Waals surface area contributed by atoms with Crippen LogP contribution < -0.4 is 25.6 Å². The molecule has 2 heterocycles. The first kappa shape index (κ1) is 24.0. The topological polar surface area (TPSA) is 122 Å². The summed E-state index contributed by atoms with van der Waals surface area (Å²) in [5, 5.41) is 3.20. The summed E-state index contributed by atoms with van der Waals surface area (Å²) in [5.74, 6) is 0.442. The van der Waals surface area contributed by atoms with E-state index in [2.05, 4.69) is 50.8 Å². The number of anilines is 2. The molecule has 1 fully saturated rings. The highest BCUT2D eigenvalue weighted by atomic mass is 16.5. The van der Waals surface area contributed by atoms with Gasteiger partial charge in [0.15, 0.2) is 0 Å². The average Bonchev–Trinajstić information content (AvgIpc) is 2.72. The number of piperazine rings is 1. The van der Waals surface area contributed by atoms with E-state index in [0.29, 0.717) is 37.8 Å². The van der Waals surface area contributed by atoms with Gasteiger partial charge in [0.05, 0.1) is 19.8 Å². The number of likely N-dealkylation sites (N-methyl/N-ethyl adjacent to an activating group) is 2. The molecule has 0 unspecified atom stereocenters. The molecule has 1 aromatic heterocycles. The third-order valence-electron chi connectivity index (χ3n) is 4.79. The summed E-state index contributed by atoms with van der Waals surface area (Å²) in [4.78, 5) is 30.8. The standard InChI is InChI=1S/C19H36N8O3/c1-5-21-6-11-29-12-13-30-19-23-17(25(4)14-16(20)28)22-18(24-19)27-9-7-26(8-10-27)15(2)3/h15,21H,5-14H2,1-4H3,(H2,20,28). The van der Waals surface area contributed by atoms with Crippen LogP contribution in [0.4, 0.5) is 11.9 Å². The molecule has 0 bridgehead atoms. The number of hydrogen-bond donors (Lipinski definition) is 2. The third kappa shape index (κ3) is 7.88. The fourth-order valence-electron chi connectivity index (χ4n) is 3.07. The number of amides is 1. The van der Waals surface area contributed by atoms with Crippen molar-refractivity contribution in [2.24, 2.45) is 5.73 Å². The van der Waals surface area contributed by atoms with Crippen LogP contribution in [-0.2, 0) is 9.53 Å². The predicted molar refractivity (Wildman–Crippen MR) is 116 cm³/mol. The van der Waals surface area contributed by atoms with Gasteiger partial charge in [-0.2, -0.15) is 15.0 Å². The zero-order chi connectivity index (χ0) is 21.9. The Morgan fingerprint density at radius 1 is 1.17 bits per heavy atom. The molecule has 1 aliphatic heterocycles. The van der Waals surface area contributed by atoms with Crippen LogP contribution in [0.5, 0.6) is 6.01 Å². The van der Waals surface area contributed by atoms with Crippen molar-refractivity contribution in [1.82, 2.24) is 25.2 Å². The van der Waals surface area contributed by atoms with Gasteiger partial charge >= 0.3 is 6.01 Å². The van der Waals surface area contributed by atoms with Crippen molar-refractivity contribution in [3.05, 3.63) is 0 Å². The second-order valence-electron chi connectivity index (χ2n) is 7.47. The van der Waals surface area contributed by atoms with Gasteiger partial charge in [-0.15, -0.1) is 0 Å². The summed E-state index contributed by atoms with van der Waals surface area (Å²) in [6.45, 7) is 13.1. The average molecular weight is 425 g/mol. The number of rotatable bonds is 13. The number of aromatic nitrogens is 3. The van der Waals surface area contributed by atoms with Crippen molar-refractivity contribution < 1.29 is 14.3 Å². The Kier molecular flexibility index (Phi) is 9.98. The summed E-state index contributed by atoms with van der Waals surface area (Å²) in [5.41, 5.74) is 5.32. The van der Waals surface area contributed by atoms with E-state index in [1.54, 1.807) is 11.9 Å². The first-order chi connectivity index (χ1) is 14.4. The van der Waals surface area contributed by atoms with Gasteiger partial charge in [0.25, 0.3) is 0 Å². The minimum atomic E-state index is -0.457. The van der Waals surface area contributed by atoms with Gasteiger partial charge in [-0.3, -0.25) is 9.69 Å². The Labute approximate surface area is 178 Å². The molecule has 11 heteroatoms. The first-order valence-corrected chi connectivity index (χ1v) is 10.6. The van der Waals surface area contributed by atoms with Gasteiger partial charge in [0.1, 0.15) is 6.61 Å². The molecule has 1 amide bonds. The number of carbonyl (C=O) groups is 1. The van der Waals surface area contributed by atoms with Crippen molar-refractivity contribution in [2.45, 2.75) is 26.8 Å². The normalized spacial score (nSPS) is 14.9. The van der Waals surface area contributed by atoms with E-state index in [1.807, 2.05) is 0 Å². The summed E-state index contributed by atoms with van der Waals surface area (Å²) in [6, 6.07) is 0.724. The van der Waals surface area contributed by atoms with E-state index >= 15 is 0 Å². The lowest BCUT2D eigenvalue weighted by molar-refractivity contribution is -0.116. The van der Waals surface area contributed by atoms with E-state index in [9.17, 15) is 4.79 Å². The summed E-state index contributed by atoms with van der Waals surface area (Å²) in [7, 11) is 1.72. The number of carbonyl (C=O) groups excluding carboxylic acids is 1. The maximum Gasteiger partial charge on any atom is 0.323 e. The summed E-state index contributed by atoms with van der Waals surface area (Å²) < 4.78 is 11.2. The fraction of sp³-hybridized carbons (Fsp3) is 0.789. The molecule has 1 saturated heterocycles. The Hall–Kier alpha value is -2.24. The first-order valence-electron chi connectivity index (χ1n) is 10.6. The van der Waals surface area contributed by atoms with Gasteiger partial charge in [-0.1, -0.05) is 6.92 Å². The van der Waals surface area contributed by atoms with Crippen molar-refractivity contribution in [2.75, 3.05) is 82.5 Å². The monoisotopic (exact) mass is 424 g/mol. The van der Waals surface area contributed by atoms with Crippen LogP contribution >= 0.6 is 0 Å². The summed E-state index contributed by atoms with van der Waals surface area (Å²) in [6.07, 6.45) is 0. The van der Waals surface area contributed by atoms with Gasteiger partial charge in [0, 0.05) is 45.8 Å². The van der Waals surface area contributed by atoms with Crippen molar-refractivity contribution >= 4 is 17.8 Å². The second kappa shape index (κ2) is 12.5. The number of primary amides is 1. The number of nitrogens with two attached hydrogens (primary N) is 1. The molecular weight excluding hydrogens is 388 g/mol. The molecule has 0 radical (unpaired) electrons. The maximum absolute atomic E-state index is 11.3. The van der Waals surface area contributed by atoms with Gasteiger partial charge in [0.2, 0.25) is 17.8 Å². The molecule has 3 N–H and O–H groups in total. The van der Waals surface area contributed by atoms with Gasteiger partial charge < -0.3 is 30.3 Å². The highest BCUT2D eigenvalue weighted by molar-refractivity contribution is 5.78. The molecule has 0 aromatic carbocycles. The molecule has 1 aromatic rings. The van der Waals surface area contributed by atoms with Crippen molar-refractivity contribution in [3.63, 3.8) is 0 Å². The van der Waals surface area contributed by atoms with Crippen molar-refractivity contribution in [1.29, 1.82) is 0 Å². The smallest absolute Gasteiger partial charge is 0.323 e. The van der Waals surface area contributed by atoms with Crippen LogP contribution in [0, 0.1) is 0 Å². The van der Waals surface area contributed by atoms with E-state index < -0.39 is 5.91 Å². The maximum atomic E-state index is 11.3. The van der Waals surface area contributed by atoms with E-state index in [0.717, 1.165) is 39.3 Å². The molecule has 170 valence electrons. The molecule has 2 rings (SSSR count). The summed E-state index contributed by atoms with van der Waals surface area (Å²) >= 11 is 0. The van der Waals surface area contributed by atoms with E-state index in [-0.39, 0.29) is 12.6 Å². The van der Waals surface area contributed by atoms with E-state index in [1.165, 1.54) is 0 Å². The lowest BCUT2D eigenvalue weighted by Gasteiger charge is -2.37. The van der Waals surface area contributed by atoms with Crippen molar-refractivity contribution in [3.8, 4) is 6.01 Å². The quantitative estimate of drug-likeness (QED) is 0.394. The Morgan fingerprint density at radius 2 is 1.90 bits per heavy atom. The lowest BCUT2D eigenvalue weighted by atomic mass is 10.2. The molecule has 0 aliphatic carbocycles.